The molecule has 0 atom stereocenters. The molecule has 2 N–H and O–H groups in total. The standard InChI is InChI=1S/C8H13N3OS/c9-8-10-7(6-13-8)5-11-1-3-12-4-2-11/h6H,1-5H2,(H2,9,10). The maximum atomic E-state index is 5.55. The van der Waals surface area contributed by atoms with Gasteiger partial charge in [-0.1, -0.05) is 0 Å². The smallest absolute Gasteiger partial charge is 0.180 e. The van der Waals surface area contributed by atoms with Crippen molar-refractivity contribution in [2.45, 2.75) is 6.54 Å². The molecule has 4 nitrogen and oxygen atoms in total. The number of hydrogen-bond donors (Lipinski definition) is 1. The Hall–Kier alpha value is -0.650. The zero-order chi connectivity index (χ0) is 9.10. The van der Waals surface area contributed by atoms with Crippen LogP contribution < -0.4 is 5.73 Å². The van der Waals surface area contributed by atoms with Gasteiger partial charge in [-0.25, -0.2) is 4.98 Å². The minimum absolute atomic E-state index is 0.656. The van der Waals surface area contributed by atoms with Crippen LogP contribution in [0.2, 0.25) is 0 Å². The predicted octanol–water partition coefficient (Wildman–Crippen LogP) is 0.557. The van der Waals surface area contributed by atoms with Gasteiger partial charge in [-0.15, -0.1) is 11.3 Å². The maximum Gasteiger partial charge on any atom is 0.180 e. The van der Waals surface area contributed by atoms with Crippen LogP contribution in [-0.2, 0) is 11.3 Å². The van der Waals surface area contributed by atoms with Crippen LogP contribution in [0.1, 0.15) is 5.69 Å². The summed E-state index contributed by atoms with van der Waals surface area (Å²) >= 11 is 1.50. The minimum Gasteiger partial charge on any atom is -0.379 e. The number of ether oxygens (including phenoxy) is 1. The first kappa shape index (κ1) is 8.93. The van der Waals surface area contributed by atoms with E-state index in [0.29, 0.717) is 5.13 Å². The highest BCUT2D eigenvalue weighted by Gasteiger charge is 2.11. The molecule has 0 aromatic carbocycles. The van der Waals surface area contributed by atoms with Crippen molar-refractivity contribution in [2.24, 2.45) is 0 Å². The summed E-state index contributed by atoms with van der Waals surface area (Å²) in [5, 5.41) is 2.67. The van der Waals surface area contributed by atoms with Gasteiger partial charge in [0.2, 0.25) is 0 Å². The molecule has 72 valence electrons. The van der Waals surface area contributed by atoms with E-state index in [9.17, 15) is 0 Å². The Labute approximate surface area is 81.3 Å². The van der Waals surface area contributed by atoms with Crippen molar-refractivity contribution in [1.82, 2.24) is 9.88 Å². The van der Waals surface area contributed by atoms with Crippen molar-refractivity contribution < 1.29 is 4.74 Å². The number of hydrogen-bond acceptors (Lipinski definition) is 5. The number of aromatic nitrogens is 1. The molecule has 0 amide bonds. The zero-order valence-electron chi connectivity index (χ0n) is 7.40. The fourth-order valence-electron chi connectivity index (χ4n) is 1.38. The number of rotatable bonds is 2. The molecule has 2 rings (SSSR count). The molecule has 1 fully saturated rings. The van der Waals surface area contributed by atoms with Crippen molar-refractivity contribution in [3.8, 4) is 0 Å². The quantitative estimate of drug-likeness (QED) is 0.756. The van der Waals surface area contributed by atoms with Gasteiger partial charge in [0.05, 0.1) is 18.9 Å². The van der Waals surface area contributed by atoms with Gasteiger partial charge in [-0.3, -0.25) is 4.90 Å². The van der Waals surface area contributed by atoms with E-state index in [1.165, 1.54) is 11.3 Å². The Kier molecular flexibility index (Phi) is 2.77. The largest absolute Gasteiger partial charge is 0.379 e. The first-order valence-corrected chi connectivity index (χ1v) is 5.22. The highest BCUT2D eigenvalue weighted by molar-refractivity contribution is 7.13. The van der Waals surface area contributed by atoms with Gasteiger partial charge in [-0.2, -0.15) is 0 Å². The van der Waals surface area contributed by atoms with Gasteiger partial charge in [0.1, 0.15) is 0 Å². The molecule has 1 aliphatic rings. The first-order chi connectivity index (χ1) is 6.34. The van der Waals surface area contributed by atoms with Gasteiger partial charge >= 0.3 is 0 Å². The van der Waals surface area contributed by atoms with Gasteiger partial charge < -0.3 is 10.5 Å². The zero-order valence-corrected chi connectivity index (χ0v) is 8.22. The van der Waals surface area contributed by atoms with E-state index < -0.39 is 0 Å². The van der Waals surface area contributed by atoms with Crippen molar-refractivity contribution in [2.75, 3.05) is 32.0 Å². The van der Waals surface area contributed by atoms with E-state index in [1.54, 1.807) is 0 Å². The SMILES string of the molecule is Nc1nc(CN2CCOCC2)cs1. The number of nitrogen functional groups attached to an aromatic ring is 1. The minimum atomic E-state index is 0.656. The summed E-state index contributed by atoms with van der Waals surface area (Å²) in [7, 11) is 0. The monoisotopic (exact) mass is 199 g/mol. The molecule has 0 bridgehead atoms. The van der Waals surface area contributed by atoms with Crippen LogP contribution in [0, 0.1) is 0 Å². The molecule has 1 saturated heterocycles. The Bertz CT molecular complexity index is 270. The summed E-state index contributed by atoms with van der Waals surface area (Å²) in [6, 6.07) is 0. The summed E-state index contributed by atoms with van der Waals surface area (Å²) in [6.45, 7) is 4.56. The van der Waals surface area contributed by atoms with Crippen molar-refractivity contribution in [3.05, 3.63) is 11.1 Å². The van der Waals surface area contributed by atoms with Gasteiger partial charge in [-0.05, 0) is 0 Å². The van der Waals surface area contributed by atoms with Crippen molar-refractivity contribution in [1.29, 1.82) is 0 Å². The number of nitrogens with zero attached hydrogens (tertiary/aromatic N) is 2. The van der Waals surface area contributed by atoms with Gasteiger partial charge in [0.25, 0.3) is 0 Å². The lowest BCUT2D eigenvalue weighted by Gasteiger charge is -2.25. The molecular weight excluding hydrogens is 186 g/mol. The molecule has 1 aromatic heterocycles. The lowest BCUT2D eigenvalue weighted by Crippen LogP contribution is -2.35. The topological polar surface area (TPSA) is 51.4 Å². The lowest BCUT2D eigenvalue weighted by atomic mass is 10.4. The van der Waals surface area contributed by atoms with Crippen LogP contribution in [0.5, 0.6) is 0 Å². The molecule has 0 spiro atoms. The molecule has 0 aliphatic carbocycles. The average molecular weight is 199 g/mol. The van der Waals surface area contributed by atoms with Crippen LogP contribution >= 0.6 is 11.3 Å². The summed E-state index contributed by atoms with van der Waals surface area (Å²) in [6.07, 6.45) is 0. The molecule has 0 saturated carbocycles. The van der Waals surface area contributed by atoms with Crippen LogP contribution in [0.3, 0.4) is 0 Å². The highest BCUT2D eigenvalue weighted by atomic mass is 32.1. The average Bonchev–Trinajstić information content (AvgIpc) is 2.53. The predicted molar refractivity (Wildman–Crippen MR) is 52.6 cm³/mol. The second kappa shape index (κ2) is 4.04. The van der Waals surface area contributed by atoms with Crippen molar-refractivity contribution >= 4 is 16.5 Å². The molecule has 0 unspecified atom stereocenters. The van der Waals surface area contributed by atoms with Crippen LogP contribution in [0.15, 0.2) is 5.38 Å². The molecule has 1 aliphatic heterocycles. The molecule has 0 radical (unpaired) electrons. The third-order valence-corrected chi connectivity index (χ3v) is 2.78. The summed E-state index contributed by atoms with van der Waals surface area (Å²) in [4.78, 5) is 6.55. The normalized spacial score (nSPS) is 19.1. The molecule has 13 heavy (non-hydrogen) atoms. The third kappa shape index (κ3) is 2.40. The number of nitrogens with two attached hydrogens (primary N) is 1. The second-order valence-corrected chi connectivity index (χ2v) is 3.96. The van der Waals surface area contributed by atoms with Crippen LogP contribution in [0.4, 0.5) is 5.13 Å². The first-order valence-electron chi connectivity index (χ1n) is 4.34. The van der Waals surface area contributed by atoms with E-state index in [0.717, 1.165) is 38.5 Å². The van der Waals surface area contributed by atoms with E-state index in [4.69, 9.17) is 10.5 Å². The van der Waals surface area contributed by atoms with Gasteiger partial charge in [0.15, 0.2) is 5.13 Å². The Morgan fingerprint density at radius 1 is 1.54 bits per heavy atom. The van der Waals surface area contributed by atoms with E-state index in [1.807, 2.05) is 5.38 Å². The van der Waals surface area contributed by atoms with Crippen LogP contribution in [-0.4, -0.2) is 36.2 Å². The molecule has 5 heteroatoms. The highest BCUT2D eigenvalue weighted by Crippen LogP contribution is 2.13. The van der Waals surface area contributed by atoms with E-state index in [2.05, 4.69) is 9.88 Å². The van der Waals surface area contributed by atoms with Crippen LogP contribution in [0.25, 0.3) is 0 Å². The number of anilines is 1. The number of morpholine rings is 1. The number of thiazole rings is 1. The maximum absolute atomic E-state index is 5.55. The molecular formula is C8H13N3OS. The fourth-order valence-corrected chi connectivity index (χ4v) is 1.94. The van der Waals surface area contributed by atoms with Crippen molar-refractivity contribution in [3.63, 3.8) is 0 Å². The molecule has 1 aromatic rings. The fraction of sp³-hybridized carbons (Fsp3) is 0.625. The Morgan fingerprint density at radius 3 is 2.92 bits per heavy atom. The summed E-state index contributed by atoms with van der Waals surface area (Å²) in [5.41, 5.74) is 6.62. The summed E-state index contributed by atoms with van der Waals surface area (Å²) < 4.78 is 5.26. The van der Waals surface area contributed by atoms with Gasteiger partial charge in [0, 0.05) is 25.0 Å². The second-order valence-electron chi connectivity index (χ2n) is 3.07. The Balaban J connectivity index is 1.89. The van der Waals surface area contributed by atoms with E-state index >= 15 is 0 Å². The molecule has 2 heterocycles. The Morgan fingerprint density at radius 2 is 2.31 bits per heavy atom. The summed E-state index contributed by atoms with van der Waals surface area (Å²) in [5.74, 6) is 0. The third-order valence-electron chi connectivity index (χ3n) is 2.06. The lowest BCUT2D eigenvalue weighted by molar-refractivity contribution is 0.0337. The van der Waals surface area contributed by atoms with E-state index in [-0.39, 0.29) is 0 Å².